The van der Waals surface area contributed by atoms with E-state index in [0.29, 0.717) is 26.1 Å². The second-order valence-electron chi connectivity index (χ2n) is 7.16. The summed E-state index contributed by atoms with van der Waals surface area (Å²) in [6.07, 6.45) is 5.16. The Morgan fingerprint density at radius 1 is 1.21 bits per heavy atom. The lowest BCUT2D eigenvalue weighted by atomic mass is 9.88. The van der Waals surface area contributed by atoms with Crippen LogP contribution in [0.5, 0.6) is 0 Å². The molecule has 0 bridgehead atoms. The summed E-state index contributed by atoms with van der Waals surface area (Å²) in [5, 5.41) is 12.5. The smallest absolute Gasteiger partial charge is 0.407 e. The number of likely N-dealkylation sites (tertiary alicyclic amines) is 1. The number of aromatic nitrogens is 2. The summed E-state index contributed by atoms with van der Waals surface area (Å²) in [6.45, 7) is 1.27. The van der Waals surface area contributed by atoms with Gasteiger partial charge in [-0.1, -0.05) is 48.2 Å². The monoisotopic (exact) mass is 409 g/mol. The van der Waals surface area contributed by atoms with Gasteiger partial charge >= 0.3 is 6.09 Å². The van der Waals surface area contributed by atoms with E-state index in [4.69, 9.17) is 4.74 Å². The van der Waals surface area contributed by atoms with Gasteiger partial charge < -0.3 is 14.7 Å². The molecule has 0 radical (unpaired) electrons. The van der Waals surface area contributed by atoms with Crippen molar-refractivity contribution in [1.29, 1.82) is 0 Å². The molecule has 0 spiro atoms. The normalized spacial score (nSPS) is 19.4. The number of carbonyl (C=O) groups is 1. The molecule has 4 rings (SSSR count). The van der Waals surface area contributed by atoms with Crippen molar-refractivity contribution in [2.75, 3.05) is 19.3 Å². The number of carboxylic acid groups (broad SMARTS) is 1. The van der Waals surface area contributed by atoms with Gasteiger partial charge in [-0.05, 0) is 40.6 Å². The van der Waals surface area contributed by atoms with Gasteiger partial charge in [0.25, 0.3) is 0 Å². The van der Waals surface area contributed by atoms with Gasteiger partial charge in [0, 0.05) is 24.9 Å². The van der Waals surface area contributed by atoms with Crippen LogP contribution < -0.4 is 0 Å². The molecule has 1 aliphatic heterocycles. The highest BCUT2D eigenvalue weighted by atomic mass is 32.2. The van der Waals surface area contributed by atoms with Crippen molar-refractivity contribution < 1.29 is 14.6 Å². The molecule has 150 valence electrons. The van der Waals surface area contributed by atoms with Gasteiger partial charge in [0.15, 0.2) is 5.16 Å². The quantitative estimate of drug-likeness (QED) is 0.497. The molecule has 2 atom stereocenters. The van der Waals surface area contributed by atoms with E-state index in [-0.39, 0.29) is 12.0 Å². The Bertz CT molecular complexity index is 996. The predicted molar refractivity (Wildman–Crippen MR) is 113 cm³/mol. The molecule has 0 aliphatic carbocycles. The average molecular weight is 410 g/mol. The Balaban J connectivity index is 1.52. The standard InChI is InChI=1S/C22H23N3O3S/c1-29-21-23-11-18(12-24-21)19-8-9-25(22(26)27)13-20(19)28-14-15-6-7-16-4-2-3-5-17(16)10-15/h2-7,10-12,19-20H,8-9,13-14H2,1H3,(H,26,27). The minimum Gasteiger partial charge on any atom is -0.465 e. The van der Waals surface area contributed by atoms with Crippen molar-refractivity contribution in [3.8, 4) is 0 Å². The van der Waals surface area contributed by atoms with Gasteiger partial charge in [0.2, 0.25) is 0 Å². The second-order valence-corrected chi connectivity index (χ2v) is 7.93. The van der Waals surface area contributed by atoms with Gasteiger partial charge in [-0.2, -0.15) is 0 Å². The molecule has 2 aromatic carbocycles. The molecule has 7 heteroatoms. The first-order valence-electron chi connectivity index (χ1n) is 9.57. The van der Waals surface area contributed by atoms with E-state index >= 15 is 0 Å². The SMILES string of the molecule is CSc1ncc(C2CCN(C(=O)O)CC2OCc2ccc3ccccc3c2)cn1. The summed E-state index contributed by atoms with van der Waals surface area (Å²) in [7, 11) is 0. The highest BCUT2D eigenvalue weighted by Gasteiger charge is 2.33. The zero-order chi connectivity index (χ0) is 20.2. The van der Waals surface area contributed by atoms with Crippen LogP contribution in [0.1, 0.15) is 23.5 Å². The maximum Gasteiger partial charge on any atom is 0.407 e. The number of thioether (sulfide) groups is 1. The van der Waals surface area contributed by atoms with Crippen LogP contribution >= 0.6 is 11.8 Å². The van der Waals surface area contributed by atoms with E-state index in [1.54, 1.807) is 0 Å². The molecule has 1 amide bonds. The summed E-state index contributed by atoms with van der Waals surface area (Å²) >= 11 is 1.50. The van der Waals surface area contributed by atoms with Crippen LogP contribution in [0.4, 0.5) is 4.79 Å². The van der Waals surface area contributed by atoms with E-state index < -0.39 is 6.09 Å². The zero-order valence-electron chi connectivity index (χ0n) is 16.2. The number of rotatable bonds is 5. The van der Waals surface area contributed by atoms with Crippen LogP contribution in [0.3, 0.4) is 0 Å². The van der Waals surface area contributed by atoms with Gasteiger partial charge in [-0.25, -0.2) is 14.8 Å². The topological polar surface area (TPSA) is 75.6 Å². The lowest BCUT2D eigenvalue weighted by Gasteiger charge is -2.37. The highest BCUT2D eigenvalue weighted by molar-refractivity contribution is 7.98. The lowest BCUT2D eigenvalue weighted by Crippen LogP contribution is -2.46. The Morgan fingerprint density at radius 3 is 2.69 bits per heavy atom. The number of hydrogen-bond donors (Lipinski definition) is 1. The van der Waals surface area contributed by atoms with Gasteiger partial charge in [0.05, 0.1) is 19.3 Å². The summed E-state index contributed by atoms with van der Waals surface area (Å²) in [6, 6.07) is 14.5. The lowest BCUT2D eigenvalue weighted by molar-refractivity contribution is -0.0200. The fourth-order valence-electron chi connectivity index (χ4n) is 3.80. The van der Waals surface area contributed by atoms with Crippen molar-refractivity contribution >= 4 is 28.6 Å². The largest absolute Gasteiger partial charge is 0.465 e. The minimum absolute atomic E-state index is 0.0713. The van der Waals surface area contributed by atoms with Gasteiger partial charge in [-0.15, -0.1) is 0 Å². The van der Waals surface area contributed by atoms with Crippen LogP contribution in [0.15, 0.2) is 60.0 Å². The number of piperidine rings is 1. The first-order valence-corrected chi connectivity index (χ1v) is 10.8. The van der Waals surface area contributed by atoms with Crippen molar-refractivity contribution in [3.05, 3.63) is 66.0 Å². The molecule has 1 fully saturated rings. The van der Waals surface area contributed by atoms with Crippen LogP contribution in [0.2, 0.25) is 0 Å². The van der Waals surface area contributed by atoms with Crippen LogP contribution in [0.25, 0.3) is 10.8 Å². The fourth-order valence-corrected chi connectivity index (χ4v) is 4.11. The van der Waals surface area contributed by atoms with Gasteiger partial charge in [-0.3, -0.25) is 0 Å². The molecule has 29 heavy (non-hydrogen) atoms. The number of fused-ring (bicyclic) bond motifs is 1. The molecule has 3 aromatic rings. The van der Waals surface area contributed by atoms with E-state index in [1.165, 1.54) is 27.4 Å². The summed E-state index contributed by atoms with van der Waals surface area (Å²) in [5.74, 6) is 0.0713. The summed E-state index contributed by atoms with van der Waals surface area (Å²) in [5.41, 5.74) is 2.07. The zero-order valence-corrected chi connectivity index (χ0v) is 17.0. The summed E-state index contributed by atoms with van der Waals surface area (Å²) < 4.78 is 6.26. The Kier molecular flexibility index (Phi) is 5.97. The summed E-state index contributed by atoms with van der Waals surface area (Å²) in [4.78, 5) is 21.7. The number of amides is 1. The Labute approximate surface area is 173 Å². The van der Waals surface area contributed by atoms with Gasteiger partial charge in [0.1, 0.15) is 0 Å². The van der Waals surface area contributed by atoms with Crippen LogP contribution in [-0.4, -0.2) is 51.5 Å². The molecule has 1 aliphatic rings. The number of nitrogens with zero attached hydrogens (tertiary/aromatic N) is 3. The maximum absolute atomic E-state index is 11.5. The molecule has 1 saturated heterocycles. The van der Waals surface area contributed by atoms with Crippen molar-refractivity contribution in [3.63, 3.8) is 0 Å². The third-order valence-electron chi connectivity index (χ3n) is 5.37. The predicted octanol–water partition coefficient (Wildman–Crippen LogP) is 4.40. The highest BCUT2D eigenvalue weighted by Crippen LogP contribution is 2.31. The molecular weight excluding hydrogens is 386 g/mol. The third-order valence-corrected chi connectivity index (χ3v) is 5.94. The molecule has 2 heterocycles. The molecule has 1 N–H and O–H groups in total. The molecule has 2 unspecified atom stereocenters. The Hall–Kier alpha value is -2.64. The third kappa shape index (κ3) is 4.52. The number of ether oxygens (including phenoxy) is 1. The molecular formula is C22H23N3O3S. The minimum atomic E-state index is -0.906. The van der Waals surface area contributed by atoms with Crippen molar-refractivity contribution in [1.82, 2.24) is 14.9 Å². The molecule has 6 nitrogen and oxygen atoms in total. The molecule has 0 saturated carbocycles. The molecule has 1 aromatic heterocycles. The fraction of sp³-hybridized carbons (Fsp3) is 0.318. The average Bonchev–Trinajstić information content (AvgIpc) is 2.77. The van der Waals surface area contributed by atoms with E-state index in [2.05, 4.69) is 40.3 Å². The van der Waals surface area contributed by atoms with Crippen molar-refractivity contribution in [2.24, 2.45) is 0 Å². The first kappa shape index (κ1) is 19.7. The van der Waals surface area contributed by atoms with Crippen LogP contribution in [0, 0.1) is 0 Å². The van der Waals surface area contributed by atoms with Crippen molar-refractivity contribution in [2.45, 2.75) is 30.2 Å². The second kappa shape index (κ2) is 8.80. The van der Waals surface area contributed by atoms with E-state index in [1.807, 2.05) is 30.8 Å². The maximum atomic E-state index is 11.5. The number of benzene rings is 2. The Morgan fingerprint density at radius 2 is 1.97 bits per heavy atom. The van der Waals surface area contributed by atoms with E-state index in [9.17, 15) is 9.90 Å². The first-order chi connectivity index (χ1) is 14.1. The number of hydrogen-bond acceptors (Lipinski definition) is 5. The van der Waals surface area contributed by atoms with Crippen LogP contribution in [-0.2, 0) is 11.3 Å². The van der Waals surface area contributed by atoms with E-state index in [0.717, 1.165) is 16.3 Å².